The van der Waals surface area contributed by atoms with E-state index in [0.29, 0.717) is 11.8 Å². The van der Waals surface area contributed by atoms with Crippen LogP contribution >= 0.6 is 17.0 Å². The van der Waals surface area contributed by atoms with Gasteiger partial charge in [0.25, 0.3) is 0 Å². The van der Waals surface area contributed by atoms with Crippen molar-refractivity contribution in [1.29, 1.82) is 0 Å². The topological polar surface area (TPSA) is 18.5 Å². The summed E-state index contributed by atoms with van der Waals surface area (Å²) >= 11 is -4.49. The van der Waals surface area contributed by atoms with Crippen molar-refractivity contribution >= 4 is 33.7 Å². The molecule has 0 N–H and O–H groups in total. The zero-order valence-electron chi connectivity index (χ0n) is 32.6. The standard InChI is InChI=1S/C46H54O2Si2.2ClH.Zr/c1-31-29-43-39(33-21-25-37(26-22-33)47-49(3,4)5)13-9-11-15-41(43)45(31)35-17-19-36(20-18-35)46-32(2)30-44-40(14-10-12-16-42(44)46)34-23-27-38(28-24-34)48-50(6,7)8;;;/h9-16,21-30,35-36,39-40H,17-20H2,1-8H3;2*1H;/q;;;+2/p-2. The van der Waals surface area contributed by atoms with Crippen molar-refractivity contribution in [1.82, 2.24) is 0 Å². The molecule has 0 amide bonds. The average molecular weight is 857 g/mol. The van der Waals surface area contributed by atoms with Gasteiger partial charge in [-0.15, -0.1) is 0 Å². The van der Waals surface area contributed by atoms with Gasteiger partial charge in [-0.3, -0.25) is 0 Å². The van der Waals surface area contributed by atoms with Gasteiger partial charge in [0.1, 0.15) is 0 Å². The van der Waals surface area contributed by atoms with Gasteiger partial charge in [0.2, 0.25) is 0 Å². The molecule has 4 atom stereocenters. The molecule has 3 fully saturated rings. The SMILES string of the molecule is CC1=CC2=C(C=CC=CC2c2ccc(O[Si](C)(C)C)cc2)[C]12C1CCC(CC1)[C]1(C(C)=CC3=C1C=CC=CC3c1ccc(O[Si](C)(C)C)cc1)[Zr]2([Cl])[Cl]. The monoisotopic (exact) mass is 854 g/mol. The summed E-state index contributed by atoms with van der Waals surface area (Å²) in [5, 5.41) is 0. The molecule has 7 aliphatic rings. The van der Waals surface area contributed by atoms with E-state index in [2.05, 4.69) is 162 Å². The fraction of sp³-hybridized carbons (Fsp3) is 0.391. The predicted molar refractivity (Wildman–Crippen MR) is 227 cm³/mol. The first kappa shape index (κ1) is 37.8. The third-order valence-electron chi connectivity index (χ3n) is 12.8. The van der Waals surface area contributed by atoms with Crippen LogP contribution in [0.1, 0.15) is 62.5 Å². The molecular formula is C46H54Cl2O2Si2Zr. The number of hydrogen-bond acceptors (Lipinski definition) is 2. The summed E-state index contributed by atoms with van der Waals surface area (Å²) < 4.78 is 12.0. The van der Waals surface area contributed by atoms with Gasteiger partial charge in [-0.25, -0.2) is 0 Å². The van der Waals surface area contributed by atoms with Crippen LogP contribution in [-0.2, 0) is 17.9 Å². The molecule has 0 aromatic heterocycles. The van der Waals surface area contributed by atoms with E-state index in [1.54, 1.807) is 0 Å². The van der Waals surface area contributed by atoms with Crippen LogP contribution in [0.15, 0.2) is 143 Å². The Hall–Kier alpha value is -2.14. The maximum absolute atomic E-state index is 8.71. The molecule has 2 bridgehead atoms. The molecule has 2 aliphatic heterocycles. The van der Waals surface area contributed by atoms with E-state index < -0.39 is 34.5 Å². The van der Waals surface area contributed by atoms with E-state index in [-0.39, 0.29) is 18.1 Å². The van der Waals surface area contributed by atoms with E-state index in [1.807, 2.05) is 0 Å². The van der Waals surface area contributed by atoms with Crippen molar-refractivity contribution in [3.63, 3.8) is 0 Å². The van der Waals surface area contributed by atoms with Gasteiger partial charge in [0.15, 0.2) is 0 Å². The Kier molecular flexibility index (Phi) is 9.63. The van der Waals surface area contributed by atoms with Crippen molar-refractivity contribution in [3.05, 3.63) is 154 Å². The molecule has 5 aliphatic carbocycles. The molecule has 2 aromatic rings. The predicted octanol–water partition coefficient (Wildman–Crippen LogP) is 14.3. The van der Waals surface area contributed by atoms with Crippen LogP contribution in [-0.4, -0.2) is 16.6 Å². The van der Waals surface area contributed by atoms with Gasteiger partial charge in [-0.1, -0.05) is 0 Å². The van der Waals surface area contributed by atoms with E-state index in [9.17, 15) is 0 Å². The van der Waals surface area contributed by atoms with Gasteiger partial charge < -0.3 is 0 Å². The molecule has 4 unspecified atom stereocenters. The summed E-state index contributed by atoms with van der Waals surface area (Å²) in [6.07, 6.45) is 28.2. The van der Waals surface area contributed by atoms with Gasteiger partial charge in [0, 0.05) is 0 Å². The second kappa shape index (κ2) is 13.5. The normalized spacial score (nSPS) is 31.4. The zero-order chi connectivity index (χ0) is 37.6. The molecule has 1 saturated carbocycles. The minimum atomic E-state index is -4.49. The van der Waals surface area contributed by atoms with Crippen LogP contribution in [0.25, 0.3) is 0 Å². The molecular weight excluding hydrogens is 803 g/mol. The van der Waals surface area contributed by atoms with Gasteiger partial charge in [0.05, 0.1) is 0 Å². The van der Waals surface area contributed by atoms with Crippen molar-refractivity contribution in [2.24, 2.45) is 11.8 Å². The van der Waals surface area contributed by atoms with Crippen molar-refractivity contribution in [2.75, 3.05) is 0 Å². The number of fused-ring (bicyclic) bond motifs is 2. The fourth-order valence-electron chi connectivity index (χ4n) is 11.0. The Morgan fingerprint density at radius 3 is 1.26 bits per heavy atom. The number of benzene rings is 2. The molecule has 2 nitrogen and oxygen atoms in total. The van der Waals surface area contributed by atoms with E-state index in [0.717, 1.165) is 11.5 Å². The average Bonchev–Trinajstić information content (AvgIpc) is 3.26. The van der Waals surface area contributed by atoms with Crippen molar-refractivity contribution in [2.45, 2.75) is 96.9 Å². The first-order chi connectivity index (χ1) is 25.1. The quantitative estimate of drug-likeness (QED) is 0.270. The minimum absolute atomic E-state index is 0.122. The summed E-state index contributed by atoms with van der Waals surface area (Å²) in [7, 11) is 14.0. The first-order valence-electron chi connectivity index (χ1n) is 19.6. The Morgan fingerprint density at radius 1 is 0.566 bits per heavy atom. The van der Waals surface area contributed by atoms with Crippen molar-refractivity contribution < 1.29 is 26.7 Å². The summed E-state index contributed by atoms with van der Waals surface area (Å²) in [6, 6.07) is 17.7. The molecule has 2 spiro atoms. The fourth-order valence-corrected chi connectivity index (χ4v) is 33.4. The number of halogens is 2. The number of allylic oxidation sites excluding steroid dienone is 16. The van der Waals surface area contributed by atoms with Crippen LogP contribution in [0.4, 0.5) is 0 Å². The van der Waals surface area contributed by atoms with E-state index in [1.165, 1.54) is 70.2 Å². The third kappa shape index (κ3) is 6.01. The summed E-state index contributed by atoms with van der Waals surface area (Å²) in [4.78, 5) is 0. The molecule has 53 heavy (non-hydrogen) atoms. The van der Waals surface area contributed by atoms with Crippen LogP contribution < -0.4 is 8.85 Å². The maximum atomic E-state index is 8.71. The molecule has 0 radical (unpaired) electrons. The number of rotatable bonds is 6. The van der Waals surface area contributed by atoms with Crippen LogP contribution in [0, 0.1) is 11.8 Å². The third-order valence-corrected chi connectivity index (χ3v) is 31.6. The summed E-state index contributed by atoms with van der Waals surface area (Å²) in [6.45, 7) is 18.1. The molecule has 2 saturated heterocycles. The molecule has 9 rings (SSSR count). The Balaban J connectivity index is 1.27. The Labute approximate surface area is 331 Å². The van der Waals surface area contributed by atoms with Gasteiger partial charge in [-0.05, 0) is 0 Å². The van der Waals surface area contributed by atoms with Gasteiger partial charge >= 0.3 is 334 Å². The zero-order valence-corrected chi connectivity index (χ0v) is 38.6. The molecule has 2 aromatic carbocycles. The molecule has 276 valence electrons. The van der Waals surface area contributed by atoms with Crippen LogP contribution in [0.3, 0.4) is 0 Å². The molecule has 7 heteroatoms. The Bertz CT molecular complexity index is 1910. The second-order valence-corrected chi connectivity index (χ2v) is 41.6. The molecule has 2 heterocycles. The van der Waals surface area contributed by atoms with E-state index >= 15 is 0 Å². The Morgan fingerprint density at radius 2 is 0.925 bits per heavy atom. The summed E-state index contributed by atoms with van der Waals surface area (Å²) in [5.74, 6) is 3.03. The van der Waals surface area contributed by atoms with Crippen LogP contribution in [0.2, 0.25) is 45.5 Å². The summed E-state index contributed by atoms with van der Waals surface area (Å²) in [5.41, 5.74) is 10.9. The number of hydrogen-bond donors (Lipinski definition) is 0. The van der Waals surface area contributed by atoms with E-state index in [4.69, 9.17) is 25.9 Å². The van der Waals surface area contributed by atoms with Crippen LogP contribution in [0.5, 0.6) is 11.5 Å². The first-order valence-corrected chi connectivity index (χ1v) is 35.2. The second-order valence-electron chi connectivity index (χ2n) is 18.1. The van der Waals surface area contributed by atoms with Crippen molar-refractivity contribution in [3.8, 4) is 11.5 Å². The van der Waals surface area contributed by atoms with Gasteiger partial charge in [-0.2, -0.15) is 0 Å².